The number of esters is 2. The van der Waals surface area contributed by atoms with Crippen molar-refractivity contribution >= 4 is 19.8 Å². The molecule has 0 aromatic heterocycles. The van der Waals surface area contributed by atoms with E-state index in [1.165, 1.54) is 19.3 Å². The Morgan fingerprint density at radius 2 is 0.953 bits per heavy atom. The van der Waals surface area contributed by atoms with Crippen molar-refractivity contribution in [3.63, 3.8) is 0 Å². The Labute approximate surface area is 382 Å². The number of unbranched alkanes of at least 4 members (excludes halogenated alkanes) is 5. The normalized spacial score (nSPS) is 23.0. The fourth-order valence-corrected chi connectivity index (χ4v) is 7.11. The van der Waals surface area contributed by atoms with Crippen molar-refractivity contribution in [2.24, 2.45) is 0 Å². The maximum atomic E-state index is 12.8. The minimum atomic E-state index is -5.16. The molecule has 14 nitrogen and oxygen atoms in total. The number of aliphatic hydroxyl groups excluding tert-OH is 6. The highest BCUT2D eigenvalue weighted by molar-refractivity contribution is 7.47. The van der Waals surface area contributed by atoms with Crippen molar-refractivity contribution in [2.75, 3.05) is 13.2 Å². The van der Waals surface area contributed by atoms with Crippen LogP contribution in [0, 0.1) is 0 Å². The van der Waals surface area contributed by atoms with E-state index in [2.05, 4.69) is 73.8 Å². The summed E-state index contributed by atoms with van der Waals surface area (Å²) >= 11 is 0. The summed E-state index contributed by atoms with van der Waals surface area (Å²) in [7, 11) is -5.16. The van der Waals surface area contributed by atoms with Crippen LogP contribution in [0.4, 0.5) is 0 Å². The molecule has 0 amide bonds. The summed E-state index contributed by atoms with van der Waals surface area (Å²) in [6.07, 6.45) is 34.1. The first-order valence-electron chi connectivity index (χ1n) is 23.1. The molecule has 0 heterocycles. The van der Waals surface area contributed by atoms with Crippen LogP contribution in [0.25, 0.3) is 0 Å². The van der Waals surface area contributed by atoms with Gasteiger partial charge in [0, 0.05) is 12.8 Å². The number of carbonyl (C=O) groups excluding carboxylic acids is 2. The molecule has 1 fully saturated rings. The van der Waals surface area contributed by atoms with E-state index < -0.39 is 75.7 Å². The first-order valence-corrected chi connectivity index (χ1v) is 24.6. The third-order valence-corrected chi connectivity index (χ3v) is 11.0. The number of rotatable bonds is 36. The van der Waals surface area contributed by atoms with Gasteiger partial charge in [0.25, 0.3) is 0 Å². The van der Waals surface area contributed by atoms with Crippen LogP contribution in [0.2, 0.25) is 0 Å². The maximum absolute atomic E-state index is 12.8. The fourth-order valence-electron chi connectivity index (χ4n) is 6.13. The van der Waals surface area contributed by atoms with E-state index in [1.54, 1.807) is 0 Å². The van der Waals surface area contributed by atoms with Crippen LogP contribution in [-0.2, 0) is 32.7 Å². The summed E-state index contributed by atoms with van der Waals surface area (Å²) in [5, 5.41) is 59.7. The van der Waals surface area contributed by atoms with Gasteiger partial charge in [-0.2, -0.15) is 0 Å². The number of phosphoric acid groups is 1. The predicted molar refractivity (Wildman–Crippen MR) is 250 cm³/mol. The van der Waals surface area contributed by atoms with Gasteiger partial charge >= 0.3 is 19.8 Å². The highest BCUT2D eigenvalue weighted by Crippen LogP contribution is 2.47. The van der Waals surface area contributed by atoms with Gasteiger partial charge < -0.3 is 45.0 Å². The Balaban J connectivity index is 2.56. The van der Waals surface area contributed by atoms with Gasteiger partial charge in [0.15, 0.2) is 6.10 Å². The second kappa shape index (κ2) is 37.9. The van der Waals surface area contributed by atoms with E-state index in [0.29, 0.717) is 25.7 Å². The van der Waals surface area contributed by atoms with Gasteiger partial charge in [-0.15, -0.1) is 0 Å². The zero-order valence-corrected chi connectivity index (χ0v) is 39.0. The van der Waals surface area contributed by atoms with Crippen LogP contribution < -0.4 is 0 Å². The van der Waals surface area contributed by atoms with E-state index in [9.17, 15) is 49.7 Å². The SMILES string of the molecule is CCCCC/C=C\C/C=C\C/C=C\C/C=C\CCCC(=O)OC[C@H](COP(=O)(O)OC1[C@H](O)[C@H](O)C(O)[C@H](O)[C@H]1O)OC(=O)CCC/C=C\C/C=C\C/C=C\C/C=C\CC[C@H](O)CC. The second-order valence-corrected chi connectivity index (χ2v) is 17.1. The third kappa shape index (κ3) is 30.0. The van der Waals surface area contributed by atoms with Crippen LogP contribution in [-0.4, -0.2) is 110 Å². The number of aliphatic hydroxyl groups is 6. The quantitative estimate of drug-likeness (QED) is 0.0137. The smallest absolute Gasteiger partial charge is 0.462 e. The Morgan fingerprint density at radius 3 is 1.41 bits per heavy atom. The number of hydrogen-bond acceptors (Lipinski definition) is 13. The molecule has 0 saturated heterocycles. The van der Waals surface area contributed by atoms with Gasteiger partial charge in [-0.25, -0.2) is 4.57 Å². The molecule has 1 aliphatic carbocycles. The van der Waals surface area contributed by atoms with Crippen LogP contribution in [0.5, 0.6) is 0 Å². The summed E-state index contributed by atoms with van der Waals surface area (Å²) in [6, 6.07) is 0. The minimum Gasteiger partial charge on any atom is -0.462 e. The van der Waals surface area contributed by atoms with E-state index >= 15 is 0 Å². The van der Waals surface area contributed by atoms with Crippen LogP contribution in [0.1, 0.15) is 136 Å². The van der Waals surface area contributed by atoms with Gasteiger partial charge in [0.2, 0.25) is 0 Å². The number of phosphoric ester groups is 1. The Bertz CT molecular complexity index is 1500. The van der Waals surface area contributed by atoms with Gasteiger partial charge in [-0.1, -0.05) is 124 Å². The second-order valence-electron chi connectivity index (χ2n) is 15.7. The summed E-state index contributed by atoms with van der Waals surface area (Å²) in [5.74, 6) is -1.26. The lowest BCUT2D eigenvalue weighted by molar-refractivity contribution is -0.220. The van der Waals surface area contributed by atoms with E-state index in [-0.39, 0.29) is 18.9 Å². The number of ether oxygens (including phenoxy) is 2. The first-order chi connectivity index (χ1) is 30.8. The Kier molecular flexibility index (Phi) is 34.8. The first kappa shape index (κ1) is 58.7. The monoisotopic (exact) mass is 923 g/mol. The van der Waals surface area contributed by atoms with E-state index in [4.69, 9.17) is 18.5 Å². The molecular weight excluding hydrogens is 843 g/mol. The molecule has 1 rings (SSSR count). The molecule has 0 aromatic rings. The largest absolute Gasteiger partial charge is 0.472 e. The Hall–Kier alpha value is -3.27. The molecule has 0 radical (unpaired) electrons. The van der Waals surface area contributed by atoms with E-state index in [1.807, 2.05) is 37.3 Å². The molecule has 1 aliphatic rings. The highest BCUT2D eigenvalue weighted by atomic mass is 31.2. The number of allylic oxidation sites excluding steroid dienone is 16. The third-order valence-electron chi connectivity index (χ3n) is 10.1. The molecule has 1 saturated carbocycles. The molecule has 0 bridgehead atoms. The molecule has 364 valence electrons. The van der Waals surface area contributed by atoms with Crippen molar-refractivity contribution in [1.29, 1.82) is 0 Å². The Morgan fingerprint density at radius 1 is 0.547 bits per heavy atom. The van der Waals surface area contributed by atoms with Gasteiger partial charge in [-0.3, -0.25) is 18.6 Å². The number of carbonyl (C=O) groups is 2. The molecule has 3 unspecified atom stereocenters. The van der Waals surface area contributed by atoms with Crippen molar-refractivity contribution in [3.05, 3.63) is 97.2 Å². The summed E-state index contributed by atoms with van der Waals surface area (Å²) in [5.41, 5.74) is 0. The summed E-state index contributed by atoms with van der Waals surface area (Å²) < 4.78 is 33.4. The minimum absolute atomic E-state index is 0.00995. The van der Waals surface area contributed by atoms with Crippen molar-refractivity contribution in [1.82, 2.24) is 0 Å². The molecule has 0 aromatic carbocycles. The van der Waals surface area contributed by atoms with Crippen molar-refractivity contribution in [2.45, 2.75) is 185 Å². The zero-order chi connectivity index (χ0) is 47.3. The molecule has 0 spiro atoms. The van der Waals surface area contributed by atoms with Crippen molar-refractivity contribution in [3.8, 4) is 0 Å². The molecule has 0 aliphatic heterocycles. The van der Waals surface area contributed by atoms with Gasteiger partial charge in [0.05, 0.1) is 12.7 Å². The summed E-state index contributed by atoms with van der Waals surface area (Å²) in [6.45, 7) is 2.88. The average molecular weight is 923 g/mol. The van der Waals surface area contributed by atoms with Crippen LogP contribution >= 0.6 is 7.82 Å². The molecule has 9 atom stereocenters. The molecule has 64 heavy (non-hydrogen) atoms. The molecule has 15 heteroatoms. The maximum Gasteiger partial charge on any atom is 0.472 e. The fraction of sp³-hybridized carbons (Fsp3) is 0.633. The van der Waals surface area contributed by atoms with E-state index in [0.717, 1.165) is 64.2 Å². The van der Waals surface area contributed by atoms with Crippen LogP contribution in [0.15, 0.2) is 97.2 Å². The topological polar surface area (TPSA) is 230 Å². The molecule has 7 N–H and O–H groups in total. The standard InChI is InChI=1S/C49H79O14P/c1-3-5-6-7-8-9-10-11-12-13-14-18-21-24-27-30-33-36-42(51)60-38-41(39-61-64(58,59)63-49-47(56)45(54)44(53)46(55)48(49)57)62-43(52)37-34-31-28-25-22-19-16-15-17-20-23-26-29-32-35-40(50)4-2/h8-9,11-12,14,16-20,24-29,40-41,44-50,53-57H,3-7,10,13,15,21-23,30-39H2,1-2H3,(H,58,59)/b9-8-,12-11-,18-14-,19-16-,20-17-,27-24-,28-25-,29-26-/t40-,41-,44?,45-,46+,47-,48-,49?/m1/s1. The highest BCUT2D eigenvalue weighted by Gasteiger charge is 2.51. The summed E-state index contributed by atoms with van der Waals surface area (Å²) in [4.78, 5) is 35.7. The lowest BCUT2D eigenvalue weighted by Crippen LogP contribution is -2.64. The van der Waals surface area contributed by atoms with Gasteiger partial charge in [-0.05, 0) is 96.3 Å². The van der Waals surface area contributed by atoms with Gasteiger partial charge in [0.1, 0.15) is 43.2 Å². The number of hydrogen-bond donors (Lipinski definition) is 7. The van der Waals surface area contributed by atoms with Crippen LogP contribution in [0.3, 0.4) is 0 Å². The average Bonchev–Trinajstić information content (AvgIpc) is 3.28. The lowest BCUT2D eigenvalue weighted by Gasteiger charge is -2.41. The predicted octanol–water partition coefficient (Wildman–Crippen LogP) is 8.02. The zero-order valence-electron chi connectivity index (χ0n) is 38.1. The lowest BCUT2D eigenvalue weighted by atomic mass is 9.85. The van der Waals surface area contributed by atoms with Crippen molar-refractivity contribution < 1.29 is 68.2 Å². The molecular formula is C49H79O14P.